The van der Waals surface area contributed by atoms with Crippen LogP contribution in [0.15, 0.2) is 102 Å². The quantitative estimate of drug-likeness (QED) is 0.116. The van der Waals surface area contributed by atoms with E-state index in [1.165, 1.54) is 6.20 Å². The number of fused-ring (bicyclic) bond motifs is 2. The molecule has 0 fully saturated rings. The summed E-state index contributed by atoms with van der Waals surface area (Å²) in [6.07, 6.45) is 3.06. The zero-order valence-electron chi connectivity index (χ0n) is 22.3. The maximum absolute atomic E-state index is 9.04. The topological polar surface area (TPSA) is 138 Å². The number of pyridine rings is 2. The minimum Gasteiger partial charge on any atom is -0.370 e. The highest BCUT2D eigenvalue weighted by atomic mass is 35.5. The predicted molar refractivity (Wildman–Crippen MR) is 174 cm³/mol. The molecule has 43 heavy (non-hydrogen) atoms. The lowest BCUT2D eigenvalue weighted by molar-refractivity contribution is 1.28. The molecule has 0 radical (unpaired) electrons. The summed E-state index contributed by atoms with van der Waals surface area (Å²) >= 11 is 18.4. The van der Waals surface area contributed by atoms with Crippen molar-refractivity contribution in [2.24, 2.45) is 16.5 Å². The highest BCUT2D eigenvalue weighted by Crippen LogP contribution is 2.34. The molecule has 6 aromatic rings. The van der Waals surface area contributed by atoms with Gasteiger partial charge in [0.05, 0.1) is 33.3 Å². The molecule has 0 aliphatic carbocycles. The summed E-state index contributed by atoms with van der Waals surface area (Å²) in [4.78, 5) is 12.3. The third-order valence-corrected chi connectivity index (χ3v) is 7.40. The number of rotatable bonds is 3. The number of halogens is 3. The highest BCUT2D eigenvalue weighted by Gasteiger charge is 2.10. The van der Waals surface area contributed by atoms with Crippen molar-refractivity contribution in [2.75, 3.05) is 0 Å². The van der Waals surface area contributed by atoms with Crippen molar-refractivity contribution >= 4 is 68.1 Å². The molecule has 0 saturated heterocycles. The Kier molecular flexibility index (Phi) is 8.71. The van der Waals surface area contributed by atoms with Crippen LogP contribution in [0.1, 0.15) is 11.1 Å². The smallest absolute Gasteiger partial charge is 0.192 e. The molecule has 4 aromatic carbocycles. The van der Waals surface area contributed by atoms with E-state index in [0.29, 0.717) is 32.1 Å². The van der Waals surface area contributed by atoms with Gasteiger partial charge in [-0.25, -0.2) is 9.97 Å². The lowest BCUT2D eigenvalue weighted by atomic mass is 10.0. The second kappa shape index (κ2) is 12.8. The van der Waals surface area contributed by atoms with Crippen LogP contribution < -0.4 is 11.5 Å². The zero-order valence-corrected chi connectivity index (χ0v) is 24.5. The Morgan fingerprint density at radius 2 is 1.09 bits per heavy atom. The van der Waals surface area contributed by atoms with Crippen LogP contribution in [0, 0.1) is 22.7 Å². The zero-order chi connectivity index (χ0) is 30.5. The van der Waals surface area contributed by atoms with E-state index in [0.717, 1.165) is 43.8 Å². The molecular weight excluding hydrogens is 601 g/mol. The van der Waals surface area contributed by atoms with Gasteiger partial charge in [0, 0.05) is 33.9 Å². The fraction of sp³-hybridized carbons (Fsp3) is 0. The van der Waals surface area contributed by atoms with Crippen molar-refractivity contribution in [2.45, 2.75) is 0 Å². The summed E-state index contributed by atoms with van der Waals surface area (Å²) in [6, 6.07) is 30.6. The summed E-state index contributed by atoms with van der Waals surface area (Å²) in [5.74, 6) is 0.334. The van der Waals surface area contributed by atoms with Crippen molar-refractivity contribution in [3.8, 4) is 34.4 Å². The average molecular weight is 621 g/mol. The van der Waals surface area contributed by atoms with E-state index in [4.69, 9.17) is 56.8 Å². The molecule has 0 unspecified atom stereocenters. The van der Waals surface area contributed by atoms with Gasteiger partial charge in [-0.1, -0.05) is 83.3 Å². The summed E-state index contributed by atoms with van der Waals surface area (Å²) in [5.41, 5.74) is 15.9. The Labute approximate surface area is 262 Å². The van der Waals surface area contributed by atoms with E-state index in [1.807, 2.05) is 72.8 Å². The molecule has 0 bridgehead atoms. The van der Waals surface area contributed by atoms with Gasteiger partial charge in [0.15, 0.2) is 11.8 Å². The lowest BCUT2D eigenvalue weighted by Crippen LogP contribution is -2.22. The van der Waals surface area contributed by atoms with Gasteiger partial charge >= 0.3 is 0 Å². The van der Waals surface area contributed by atoms with Crippen LogP contribution in [-0.2, 0) is 0 Å². The second-order valence-electron chi connectivity index (χ2n) is 9.27. The lowest BCUT2D eigenvalue weighted by Gasteiger charge is -2.08. The van der Waals surface area contributed by atoms with E-state index in [-0.39, 0.29) is 5.96 Å². The predicted octanol–water partition coefficient (Wildman–Crippen LogP) is 8.41. The molecule has 0 atom stereocenters. The summed E-state index contributed by atoms with van der Waals surface area (Å²) in [6.45, 7) is 0. The first-order valence-corrected chi connectivity index (χ1v) is 13.8. The van der Waals surface area contributed by atoms with E-state index >= 15 is 0 Å². The maximum atomic E-state index is 9.04. The Bertz CT molecular complexity index is 2130. The number of aliphatic imine (C=N–C) groups is 1. The molecule has 2 heterocycles. The first kappa shape index (κ1) is 29.3. The molecule has 10 heteroatoms. The van der Waals surface area contributed by atoms with Crippen molar-refractivity contribution in [3.63, 3.8) is 0 Å². The van der Waals surface area contributed by atoms with E-state index in [2.05, 4.69) is 27.1 Å². The number of benzene rings is 4. The highest BCUT2D eigenvalue weighted by molar-refractivity contribution is 6.39. The van der Waals surface area contributed by atoms with Crippen molar-refractivity contribution in [1.29, 1.82) is 10.5 Å². The van der Waals surface area contributed by atoms with Crippen LogP contribution in [0.4, 0.5) is 5.82 Å². The van der Waals surface area contributed by atoms with Crippen molar-refractivity contribution in [3.05, 3.63) is 124 Å². The molecule has 0 amide bonds. The van der Waals surface area contributed by atoms with Crippen LogP contribution >= 0.6 is 34.8 Å². The molecule has 0 saturated carbocycles. The third-order valence-electron chi connectivity index (χ3n) is 6.49. The number of nitriles is 2. The van der Waals surface area contributed by atoms with E-state index in [9.17, 15) is 0 Å². The normalized spacial score (nSPS) is 10.3. The first-order chi connectivity index (χ1) is 20.8. The van der Waals surface area contributed by atoms with Gasteiger partial charge in [0.2, 0.25) is 0 Å². The minimum atomic E-state index is -0.0713. The number of nitrogens with zero attached hydrogens (tertiary/aromatic N) is 5. The number of hydrogen-bond acceptors (Lipinski definition) is 5. The van der Waals surface area contributed by atoms with Crippen LogP contribution in [-0.4, -0.2) is 15.9 Å². The Morgan fingerprint density at radius 1 is 0.605 bits per heavy atom. The maximum Gasteiger partial charge on any atom is 0.192 e. The minimum absolute atomic E-state index is 0.0713. The van der Waals surface area contributed by atoms with Gasteiger partial charge in [-0.3, -0.25) is 0 Å². The fourth-order valence-corrected chi connectivity index (χ4v) is 5.11. The van der Waals surface area contributed by atoms with E-state index in [1.54, 1.807) is 18.3 Å². The molecule has 7 nitrogen and oxygen atoms in total. The number of nitrogens with two attached hydrogens (primary N) is 2. The summed E-state index contributed by atoms with van der Waals surface area (Å²) in [5, 5.41) is 22.7. The Hall–Kier alpha value is -5.18. The Morgan fingerprint density at radius 3 is 1.63 bits per heavy atom. The molecule has 6 rings (SSSR count). The molecule has 0 aliphatic rings. The molecule has 208 valence electrons. The summed E-state index contributed by atoms with van der Waals surface area (Å²) in [7, 11) is 0. The van der Waals surface area contributed by atoms with Crippen LogP contribution in [0.25, 0.3) is 43.8 Å². The van der Waals surface area contributed by atoms with E-state index < -0.39 is 0 Å². The number of hydrogen-bond donors (Lipinski definition) is 2. The monoisotopic (exact) mass is 619 g/mol. The van der Waals surface area contributed by atoms with Gasteiger partial charge < -0.3 is 11.5 Å². The Balaban J connectivity index is 0.000000173. The second-order valence-corrected chi connectivity index (χ2v) is 10.4. The SMILES string of the molecule is N#Cc1cccc(-c2ccc3c(Cl)cnc(Cl)c3c2)c1.N#Cc1cccc(-c2ccc3c(Cl)cnc(N=C(N)N)c3c2)c1. The van der Waals surface area contributed by atoms with Crippen molar-refractivity contribution < 1.29 is 0 Å². The van der Waals surface area contributed by atoms with Crippen molar-refractivity contribution in [1.82, 2.24) is 9.97 Å². The first-order valence-electron chi connectivity index (χ1n) is 12.7. The standard InChI is InChI=1S/C17H12ClN5.C16H8Cl2N2/c18-15-9-22-16(23-17(20)21)14-7-12(4-5-13(14)15)11-3-1-2-10(6-11)8-19;17-15-9-20-16(18)14-7-12(4-5-13(14)15)11-3-1-2-10(6-11)8-19/h1-7,9H,(H4,20,21,22,23);1-7,9H. The molecule has 0 spiro atoms. The molecule has 4 N–H and O–H groups in total. The van der Waals surface area contributed by atoms with Gasteiger partial charge in [-0.2, -0.15) is 15.5 Å². The fourth-order valence-electron chi connectivity index (χ4n) is 4.48. The molecule has 2 aromatic heterocycles. The van der Waals surface area contributed by atoms with Gasteiger partial charge in [-0.05, 0) is 58.7 Å². The number of aromatic nitrogens is 2. The van der Waals surface area contributed by atoms with Crippen LogP contribution in [0.5, 0.6) is 0 Å². The molecule has 0 aliphatic heterocycles. The van der Waals surface area contributed by atoms with Crippen LogP contribution in [0.2, 0.25) is 15.2 Å². The van der Waals surface area contributed by atoms with Gasteiger partial charge in [0.1, 0.15) is 5.15 Å². The van der Waals surface area contributed by atoms with Crippen LogP contribution in [0.3, 0.4) is 0 Å². The van der Waals surface area contributed by atoms with Gasteiger partial charge in [0.25, 0.3) is 0 Å². The average Bonchev–Trinajstić information content (AvgIpc) is 3.04. The largest absolute Gasteiger partial charge is 0.370 e. The number of guanidine groups is 1. The van der Waals surface area contributed by atoms with Gasteiger partial charge in [-0.15, -0.1) is 0 Å². The third kappa shape index (κ3) is 6.51. The molecular formula is C33H20Cl3N7. The summed E-state index contributed by atoms with van der Waals surface area (Å²) < 4.78 is 0.